The molecule has 1 saturated carbocycles. The molecule has 3 unspecified atom stereocenters. The van der Waals surface area contributed by atoms with Crippen molar-refractivity contribution in [2.45, 2.75) is 56.6 Å². The molecule has 0 spiro atoms. The van der Waals surface area contributed by atoms with Gasteiger partial charge in [0.05, 0.1) is 12.1 Å². The molecule has 0 amide bonds. The SMILES string of the molecule is CCCCSC1(SCCCC)N=C(N)C2(C#N)C(c3ccccc3C)C12C#N. The van der Waals surface area contributed by atoms with Crippen molar-refractivity contribution >= 4 is 29.4 Å². The minimum absolute atomic E-state index is 0.225. The molecule has 1 aliphatic carbocycles. The minimum atomic E-state index is -1.02. The Bertz CT molecular complexity index is 843. The van der Waals surface area contributed by atoms with E-state index in [1.54, 1.807) is 23.5 Å². The predicted octanol–water partition coefficient (Wildman–Crippen LogP) is 5.20. The van der Waals surface area contributed by atoms with E-state index >= 15 is 0 Å². The van der Waals surface area contributed by atoms with Crippen LogP contribution in [0.4, 0.5) is 0 Å². The number of rotatable bonds is 9. The Morgan fingerprint density at radius 2 is 1.68 bits per heavy atom. The third-order valence-electron chi connectivity index (χ3n) is 6.02. The summed E-state index contributed by atoms with van der Waals surface area (Å²) in [5, 5.41) is 20.7. The number of hydrogen-bond donors (Lipinski definition) is 1. The van der Waals surface area contributed by atoms with Gasteiger partial charge in [0.1, 0.15) is 16.7 Å². The Labute approximate surface area is 177 Å². The van der Waals surface area contributed by atoms with Crippen molar-refractivity contribution in [3.63, 3.8) is 0 Å². The van der Waals surface area contributed by atoms with E-state index in [1.165, 1.54) is 0 Å². The van der Waals surface area contributed by atoms with Gasteiger partial charge >= 0.3 is 0 Å². The van der Waals surface area contributed by atoms with Crippen molar-refractivity contribution in [2.24, 2.45) is 21.6 Å². The maximum absolute atomic E-state index is 10.5. The first kappa shape index (κ1) is 21.1. The number of benzene rings is 1. The molecule has 1 heterocycles. The van der Waals surface area contributed by atoms with Crippen LogP contribution >= 0.6 is 23.5 Å². The number of hydrogen-bond acceptors (Lipinski definition) is 6. The second-order valence-corrected chi connectivity index (χ2v) is 10.4. The number of thioether (sulfide) groups is 2. The number of aryl methyl sites for hydroxylation is 1. The molecule has 2 N–H and O–H groups in total. The molecule has 3 rings (SSSR count). The standard InChI is InChI=1S/C22H28N4S2/c1-4-6-12-27-22(28-13-7-5-2)21(15-24)18(17-11-9-8-10-16(17)3)20(21,14-23)19(25)26-22/h8-11,18H,4-7,12-13H2,1-3H3,(H2,25,26). The number of fused-ring (bicyclic) bond motifs is 1. The van der Waals surface area contributed by atoms with Gasteiger partial charge in [-0.1, -0.05) is 51.0 Å². The quantitative estimate of drug-likeness (QED) is 0.445. The molecule has 2 aliphatic rings. The summed E-state index contributed by atoms with van der Waals surface area (Å²) in [6, 6.07) is 13.1. The fourth-order valence-corrected chi connectivity index (χ4v) is 8.13. The summed E-state index contributed by atoms with van der Waals surface area (Å²) in [5.74, 6) is 1.95. The third kappa shape index (κ3) is 2.69. The Balaban J connectivity index is 2.12. The van der Waals surface area contributed by atoms with E-state index in [9.17, 15) is 10.5 Å². The van der Waals surface area contributed by atoms with Gasteiger partial charge in [-0.25, -0.2) is 4.99 Å². The molecular formula is C22H28N4S2. The summed E-state index contributed by atoms with van der Waals surface area (Å²) in [4.78, 5) is 4.86. The van der Waals surface area contributed by atoms with Crippen LogP contribution in [0.3, 0.4) is 0 Å². The highest BCUT2D eigenvalue weighted by molar-refractivity contribution is 8.18. The molecule has 148 valence electrons. The number of unbranched alkanes of at least 4 members (excludes halogenated alkanes) is 2. The summed E-state index contributed by atoms with van der Waals surface area (Å²) in [6.07, 6.45) is 4.30. The topological polar surface area (TPSA) is 86.0 Å². The molecule has 4 nitrogen and oxygen atoms in total. The molecule has 28 heavy (non-hydrogen) atoms. The zero-order valence-electron chi connectivity index (χ0n) is 16.9. The van der Waals surface area contributed by atoms with E-state index in [-0.39, 0.29) is 5.92 Å². The van der Waals surface area contributed by atoms with Gasteiger partial charge in [0.2, 0.25) is 0 Å². The average Bonchev–Trinajstić information content (AvgIpc) is 3.26. The predicted molar refractivity (Wildman–Crippen MR) is 119 cm³/mol. The van der Waals surface area contributed by atoms with Crippen molar-refractivity contribution in [1.82, 2.24) is 0 Å². The van der Waals surface area contributed by atoms with Crippen molar-refractivity contribution in [2.75, 3.05) is 11.5 Å². The fourth-order valence-electron chi connectivity index (χ4n) is 4.45. The summed E-state index contributed by atoms with van der Waals surface area (Å²) in [6.45, 7) is 6.37. The highest BCUT2D eigenvalue weighted by atomic mass is 32.2. The first-order chi connectivity index (χ1) is 13.5. The molecule has 0 bridgehead atoms. The lowest BCUT2D eigenvalue weighted by molar-refractivity contribution is 0.562. The van der Waals surface area contributed by atoms with Crippen LogP contribution in [0.25, 0.3) is 0 Å². The molecule has 1 fully saturated rings. The minimum Gasteiger partial charge on any atom is -0.386 e. The van der Waals surface area contributed by atoms with E-state index in [4.69, 9.17) is 10.7 Å². The smallest absolute Gasteiger partial charge is 0.175 e. The summed E-state index contributed by atoms with van der Waals surface area (Å²) in [5.41, 5.74) is 6.66. The first-order valence-electron chi connectivity index (χ1n) is 10.0. The fraction of sp³-hybridized carbons (Fsp3) is 0.591. The van der Waals surface area contributed by atoms with E-state index < -0.39 is 15.0 Å². The van der Waals surface area contributed by atoms with Crippen LogP contribution in [0.2, 0.25) is 0 Å². The summed E-state index contributed by atoms with van der Waals surface area (Å²) in [7, 11) is 0. The normalized spacial score (nSPS) is 29.5. The molecule has 3 atom stereocenters. The molecule has 0 radical (unpaired) electrons. The molecule has 0 aromatic heterocycles. The largest absolute Gasteiger partial charge is 0.386 e. The number of amidine groups is 1. The third-order valence-corrected chi connectivity index (χ3v) is 9.32. The van der Waals surface area contributed by atoms with Crippen LogP contribution in [0, 0.1) is 40.4 Å². The van der Waals surface area contributed by atoms with E-state index in [1.807, 2.05) is 31.2 Å². The van der Waals surface area contributed by atoms with Gasteiger partial charge in [0, 0.05) is 5.92 Å². The summed E-state index contributed by atoms with van der Waals surface area (Å²) >= 11 is 3.45. The lowest BCUT2D eigenvalue weighted by Crippen LogP contribution is -2.32. The van der Waals surface area contributed by atoms with Gasteiger partial charge in [0.25, 0.3) is 0 Å². The van der Waals surface area contributed by atoms with Crippen LogP contribution in [0.5, 0.6) is 0 Å². The second-order valence-electron chi connectivity index (χ2n) is 7.61. The Morgan fingerprint density at radius 3 is 2.18 bits per heavy atom. The lowest BCUT2D eigenvalue weighted by atomic mass is 9.96. The maximum atomic E-state index is 10.5. The molecule has 1 aromatic carbocycles. The van der Waals surface area contributed by atoms with Crippen molar-refractivity contribution in [3.8, 4) is 12.1 Å². The van der Waals surface area contributed by atoms with Crippen molar-refractivity contribution in [3.05, 3.63) is 35.4 Å². The Hall–Kier alpha value is -1.63. The van der Waals surface area contributed by atoms with Gasteiger partial charge in [-0.2, -0.15) is 10.5 Å². The van der Waals surface area contributed by atoms with Gasteiger partial charge in [-0.05, 0) is 42.4 Å². The van der Waals surface area contributed by atoms with Gasteiger partial charge in [0.15, 0.2) is 4.20 Å². The number of nitrogens with zero attached hydrogens (tertiary/aromatic N) is 3. The second kappa shape index (κ2) is 8.01. The monoisotopic (exact) mass is 412 g/mol. The van der Waals surface area contributed by atoms with E-state index in [0.717, 1.165) is 48.3 Å². The van der Waals surface area contributed by atoms with E-state index in [2.05, 4.69) is 26.0 Å². The number of nitrogens with two attached hydrogens (primary N) is 1. The van der Waals surface area contributed by atoms with Crippen molar-refractivity contribution < 1.29 is 0 Å². The molecular weight excluding hydrogens is 384 g/mol. The van der Waals surface area contributed by atoms with Crippen LogP contribution in [0.15, 0.2) is 29.3 Å². The Kier molecular flexibility index (Phi) is 6.03. The van der Waals surface area contributed by atoms with Crippen LogP contribution in [-0.4, -0.2) is 21.5 Å². The van der Waals surface area contributed by atoms with Gasteiger partial charge in [-0.15, -0.1) is 23.5 Å². The first-order valence-corrected chi connectivity index (χ1v) is 12.0. The molecule has 6 heteroatoms. The zero-order valence-corrected chi connectivity index (χ0v) is 18.5. The molecule has 1 aliphatic heterocycles. The van der Waals surface area contributed by atoms with Gasteiger partial charge in [-0.3, -0.25) is 0 Å². The maximum Gasteiger partial charge on any atom is 0.175 e. The lowest BCUT2D eigenvalue weighted by Gasteiger charge is -2.32. The molecule has 1 aromatic rings. The zero-order chi connectivity index (χ0) is 20.4. The van der Waals surface area contributed by atoms with Crippen LogP contribution in [-0.2, 0) is 0 Å². The van der Waals surface area contributed by atoms with E-state index in [0.29, 0.717) is 5.84 Å². The number of aliphatic imine (C=N–C) groups is 1. The average molecular weight is 413 g/mol. The van der Waals surface area contributed by atoms with Crippen LogP contribution < -0.4 is 5.73 Å². The van der Waals surface area contributed by atoms with Crippen molar-refractivity contribution in [1.29, 1.82) is 10.5 Å². The highest BCUT2D eigenvalue weighted by Crippen LogP contribution is 2.85. The number of nitriles is 2. The highest BCUT2D eigenvalue weighted by Gasteiger charge is 2.92. The Morgan fingerprint density at radius 1 is 1.07 bits per heavy atom. The molecule has 0 saturated heterocycles. The summed E-state index contributed by atoms with van der Waals surface area (Å²) < 4.78 is -0.709. The van der Waals surface area contributed by atoms with Crippen LogP contribution in [0.1, 0.15) is 56.6 Å². The van der Waals surface area contributed by atoms with Gasteiger partial charge < -0.3 is 5.73 Å².